The quantitative estimate of drug-likeness (QED) is 0.841. The van der Waals surface area contributed by atoms with Crippen LogP contribution in [-0.4, -0.2) is 24.2 Å². The summed E-state index contributed by atoms with van der Waals surface area (Å²) in [6, 6.07) is 5.77. The number of carbonyl (C=O) groups excluding carboxylic acids is 1. The smallest absolute Gasteiger partial charge is 0.216 e. The van der Waals surface area contributed by atoms with E-state index in [-0.39, 0.29) is 5.91 Å². The second-order valence-electron chi connectivity index (χ2n) is 4.18. The maximum absolute atomic E-state index is 10.8. The molecule has 0 saturated carbocycles. The lowest BCUT2D eigenvalue weighted by Gasteiger charge is -2.03. The van der Waals surface area contributed by atoms with Gasteiger partial charge in [0.2, 0.25) is 5.91 Å². The molecule has 1 aromatic heterocycles. The number of carbonyl (C=O) groups is 1. The molecule has 0 unspecified atom stereocenters. The Labute approximate surface area is 119 Å². The van der Waals surface area contributed by atoms with Crippen molar-refractivity contribution in [2.45, 2.75) is 27.2 Å². The summed E-state index contributed by atoms with van der Waals surface area (Å²) in [5, 5.41) is 3.83. The molecule has 110 valence electrons. The van der Waals surface area contributed by atoms with Crippen molar-refractivity contribution >= 4 is 16.8 Å². The predicted octanol–water partition coefficient (Wildman–Crippen LogP) is 2.07. The third-order valence-electron chi connectivity index (χ3n) is 2.89. The number of nitrogens with zero attached hydrogens (tertiary/aromatic N) is 1. The zero-order chi connectivity index (χ0) is 15.1. The van der Waals surface area contributed by atoms with Crippen molar-refractivity contribution in [3.63, 3.8) is 0 Å². The molecule has 1 aromatic carbocycles. The van der Waals surface area contributed by atoms with Crippen LogP contribution in [0, 0.1) is 0 Å². The van der Waals surface area contributed by atoms with E-state index in [4.69, 9.17) is 10.6 Å². The fraction of sp³-hybridized carbons (Fsp3) is 0.400. The van der Waals surface area contributed by atoms with Crippen LogP contribution in [0.2, 0.25) is 0 Å². The van der Waals surface area contributed by atoms with E-state index in [0.29, 0.717) is 6.54 Å². The molecule has 5 nitrogen and oxygen atoms in total. The average Bonchev–Trinajstić information content (AvgIpc) is 2.77. The number of rotatable bonds is 4. The molecule has 2 aromatic rings. The van der Waals surface area contributed by atoms with E-state index in [0.717, 1.165) is 28.6 Å². The van der Waals surface area contributed by atoms with Gasteiger partial charge in [-0.3, -0.25) is 9.47 Å². The molecule has 2 rings (SSSR count). The first kappa shape index (κ1) is 15.9. The molecule has 0 bridgehead atoms. The van der Waals surface area contributed by atoms with Gasteiger partial charge in [-0.15, -0.1) is 0 Å². The number of benzene rings is 1. The SMILES string of the molecule is CC.COc1ccc2c(c1)c(CCNC(C)=O)cn2N. The van der Waals surface area contributed by atoms with Crippen molar-refractivity contribution < 1.29 is 9.53 Å². The number of methoxy groups -OCH3 is 1. The van der Waals surface area contributed by atoms with E-state index in [2.05, 4.69) is 5.32 Å². The second kappa shape index (κ2) is 7.43. The zero-order valence-electron chi connectivity index (χ0n) is 12.6. The molecule has 5 heteroatoms. The highest BCUT2D eigenvalue weighted by atomic mass is 16.5. The number of nitrogen functional groups attached to an aromatic ring is 1. The molecule has 0 saturated heterocycles. The van der Waals surface area contributed by atoms with E-state index in [1.54, 1.807) is 11.8 Å². The molecule has 1 amide bonds. The molecule has 0 fully saturated rings. The lowest BCUT2D eigenvalue weighted by atomic mass is 10.1. The Morgan fingerprint density at radius 1 is 1.40 bits per heavy atom. The fourth-order valence-electron chi connectivity index (χ4n) is 2.00. The van der Waals surface area contributed by atoms with Gasteiger partial charge in [0.15, 0.2) is 0 Å². The van der Waals surface area contributed by atoms with E-state index in [1.165, 1.54) is 6.92 Å². The normalized spacial score (nSPS) is 9.80. The van der Waals surface area contributed by atoms with E-state index in [9.17, 15) is 4.79 Å². The third-order valence-corrected chi connectivity index (χ3v) is 2.89. The molecule has 20 heavy (non-hydrogen) atoms. The van der Waals surface area contributed by atoms with Crippen LogP contribution in [-0.2, 0) is 11.2 Å². The number of ether oxygens (including phenoxy) is 1. The minimum Gasteiger partial charge on any atom is -0.497 e. The van der Waals surface area contributed by atoms with Gasteiger partial charge in [-0.1, -0.05) is 13.8 Å². The topological polar surface area (TPSA) is 69.3 Å². The highest BCUT2D eigenvalue weighted by Gasteiger charge is 2.08. The van der Waals surface area contributed by atoms with Crippen molar-refractivity contribution in [2.24, 2.45) is 0 Å². The zero-order valence-corrected chi connectivity index (χ0v) is 12.6. The summed E-state index contributed by atoms with van der Waals surface area (Å²) in [7, 11) is 1.64. The molecule has 0 aliphatic heterocycles. The van der Waals surface area contributed by atoms with Crippen LogP contribution in [0.3, 0.4) is 0 Å². The molecule has 0 radical (unpaired) electrons. The van der Waals surface area contributed by atoms with Gasteiger partial charge in [0.05, 0.1) is 12.6 Å². The van der Waals surface area contributed by atoms with Crippen LogP contribution >= 0.6 is 0 Å². The largest absolute Gasteiger partial charge is 0.497 e. The number of nitrogens with one attached hydrogen (secondary N) is 1. The van der Waals surface area contributed by atoms with Crippen molar-refractivity contribution in [3.8, 4) is 5.75 Å². The van der Waals surface area contributed by atoms with Gasteiger partial charge in [-0.05, 0) is 30.2 Å². The monoisotopic (exact) mass is 277 g/mol. The van der Waals surface area contributed by atoms with Crippen LogP contribution in [0.4, 0.5) is 0 Å². The molecule has 0 atom stereocenters. The Morgan fingerprint density at radius 2 is 2.10 bits per heavy atom. The number of aromatic nitrogens is 1. The summed E-state index contributed by atoms with van der Waals surface area (Å²) < 4.78 is 6.80. The first-order valence-electron chi connectivity index (χ1n) is 6.79. The van der Waals surface area contributed by atoms with Gasteiger partial charge in [0.1, 0.15) is 5.75 Å². The maximum Gasteiger partial charge on any atom is 0.216 e. The number of amides is 1. The van der Waals surface area contributed by atoms with E-state index in [1.807, 2.05) is 38.2 Å². The maximum atomic E-state index is 10.8. The number of nitrogens with two attached hydrogens (primary N) is 1. The Balaban J connectivity index is 0.000000956. The lowest BCUT2D eigenvalue weighted by molar-refractivity contribution is -0.118. The molecule has 0 spiro atoms. The molecular weight excluding hydrogens is 254 g/mol. The highest BCUT2D eigenvalue weighted by Crippen LogP contribution is 2.24. The summed E-state index contributed by atoms with van der Waals surface area (Å²) in [4.78, 5) is 10.8. The van der Waals surface area contributed by atoms with Gasteiger partial charge in [-0.2, -0.15) is 0 Å². The summed E-state index contributed by atoms with van der Waals surface area (Å²) in [6.07, 6.45) is 2.62. The summed E-state index contributed by atoms with van der Waals surface area (Å²) >= 11 is 0. The van der Waals surface area contributed by atoms with Crippen LogP contribution in [0.25, 0.3) is 10.9 Å². The van der Waals surface area contributed by atoms with Crippen LogP contribution in [0.5, 0.6) is 5.75 Å². The molecule has 0 aliphatic rings. The Bertz CT molecular complexity index is 576. The van der Waals surface area contributed by atoms with Crippen LogP contribution in [0.1, 0.15) is 26.3 Å². The van der Waals surface area contributed by atoms with Gasteiger partial charge >= 0.3 is 0 Å². The summed E-state index contributed by atoms with van der Waals surface area (Å²) in [6.45, 7) is 6.11. The van der Waals surface area contributed by atoms with Gasteiger partial charge < -0.3 is 15.9 Å². The average molecular weight is 277 g/mol. The molecule has 3 N–H and O–H groups in total. The fourth-order valence-corrected chi connectivity index (χ4v) is 2.00. The lowest BCUT2D eigenvalue weighted by Crippen LogP contribution is -2.22. The summed E-state index contributed by atoms with van der Waals surface area (Å²) in [5.74, 6) is 6.67. The number of fused-ring (bicyclic) bond motifs is 1. The Kier molecular flexibility index (Phi) is 5.90. The minimum atomic E-state index is -0.0240. The van der Waals surface area contributed by atoms with Gasteiger partial charge in [0, 0.05) is 25.1 Å². The Hall–Kier alpha value is -2.17. The van der Waals surface area contributed by atoms with Crippen molar-refractivity contribution in [1.29, 1.82) is 0 Å². The standard InChI is InChI=1S/C13H17N3O2.C2H6/c1-9(17)15-6-5-10-8-16(14)13-4-3-11(18-2)7-12(10)13;1-2/h3-4,7-8H,5-6,14H2,1-2H3,(H,15,17);1-2H3. The van der Waals surface area contributed by atoms with Crippen LogP contribution in [0.15, 0.2) is 24.4 Å². The van der Waals surface area contributed by atoms with Gasteiger partial charge in [0.25, 0.3) is 0 Å². The first-order chi connectivity index (χ1) is 9.61. The predicted molar refractivity (Wildman–Crippen MR) is 82.4 cm³/mol. The first-order valence-corrected chi connectivity index (χ1v) is 6.79. The highest BCUT2D eigenvalue weighted by molar-refractivity contribution is 5.85. The molecule has 1 heterocycles. The third kappa shape index (κ3) is 3.66. The van der Waals surface area contributed by atoms with Crippen molar-refractivity contribution in [2.75, 3.05) is 19.5 Å². The van der Waals surface area contributed by atoms with E-state index >= 15 is 0 Å². The second-order valence-corrected chi connectivity index (χ2v) is 4.18. The minimum absolute atomic E-state index is 0.0240. The van der Waals surface area contributed by atoms with Gasteiger partial charge in [-0.25, -0.2) is 0 Å². The molecule has 0 aliphatic carbocycles. The van der Waals surface area contributed by atoms with Crippen molar-refractivity contribution in [3.05, 3.63) is 30.0 Å². The van der Waals surface area contributed by atoms with Crippen LogP contribution < -0.4 is 15.9 Å². The van der Waals surface area contributed by atoms with Crippen molar-refractivity contribution in [1.82, 2.24) is 9.99 Å². The van der Waals surface area contributed by atoms with E-state index < -0.39 is 0 Å². The molecular formula is C15H23N3O2. The Morgan fingerprint density at radius 3 is 2.70 bits per heavy atom. The number of hydrogen-bond donors (Lipinski definition) is 2. The summed E-state index contributed by atoms with van der Waals surface area (Å²) in [5.41, 5.74) is 2.05. The number of hydrogen-bond acceptors (Lipinski definition) is 3.